The monoisotopic (exact) mass is 340 g/mol. The Balaban J connectivity index is 0.00000256. The van der Waals surface area contributed by atoms with E-state index in [9.17, 15) is 4.79 Å². The van der Waals surface area contributed by atoms with E-state index >= 15 is 0 Å². The first-order chi connectivity index (χ1) is 7.47. The van der Waals surface area contributed by atoms with Crippen LogP contribution in [0, 0.1) is 0 Å². The summed E-state index contributed by atoms with van der Waals surface area (Å²) in [5.41, 5.74) is 6.08. The Morgan fingerprint density at radius 2 is 2.18 bits per heavy atom. The quantitative estimate of drug-likeness (QED) is 0.918. The number of benzene rings is 1. The Morgan fingerprint density at radius 3 is 2.71 bits per heavy atom. The van der Waals surface area contributed by atoms with E-state index < -0.39 is 0 Å². The Labute approximate surface area is 121 Å². The molecule has 0 spiro atoms. The summed E-state index contributed by atoms with van der Waals surface area (Å²) in [6.45, 7) is 2.33. The standard InChI is InChI=1S/C11H14BrClN2O.ClH/c1-7(6-14)15(2)11(16)9-5-8(13)3-4-10(9)12;/h3-5,7H,6,14H2,1-2H3;1H. The molecule has 1 unspecified atom stereocenters. The molecular weight excluding hydrogens is 327 g/mol. The number of likely N-dealkylation sites (N-methyl/N-ethyl adjacent to an activating group) is 1. The van der Waals surface area contributed by atoms with Crippen LogP contribution in [0.5, 0.6) is 0 Å². The number of halogens is 3. The minimum Gasteiger partial charge on any atom is -0.338 e. The van der Waals surface area contributed by atoms with Crippen LogP contribution in [0.25, 0.3) is 0 Å². The van der Waals surface area contributed by atoms with Crippen molar-refractivity contribution in [2.24, 2.45) is 5.73 Å². The lowest BCUT2D eigenvalue weighted by molar-refractivity contribution is 0.0747. The summed E-state index contributed by atoms with van der Waals surface area (Å²) in [5.74, 6) is -0.0904. The third-order valence-corrected chi connectivity index (χ3v) is 3.41. The second kappa shape index (κ2) is 7.21. The van der Waals surface area contributed by atoms with Crippen molar-refractivity contribution in [3.8, 4) is 0 Å². The average molecular weight is 342 g/mol. The number of amides is 1. The minimum atomic E-state index is -0.0904. The van der Waals surface area contributed by atoms with E-state index in [4.69, 9.17) is 17.3 Å². The van der Waals surface area contributed by atoms with Gasteiger partial charge in [0.2, 0.25) is 0 Å². The normalized spacial score (nSPS) is 11.6. The van der Waals surface area contributed by atoms with Crippen LogP contribution in [0.3, 0.4) is 0 Å². The molecule has 1 aromatic rings. The van der Waals surface area contributed by atoms with E-state index in [-0.39, 0.29) is 24.4 Å². The van der Waals surface area contributed by atoms with Crippen LogP contribution in [-0.4, -0.2) is 30.4 Å². The van der Waals surface area contributed by atoms with Crippen LogP contribution in [0.4, 0.5) is 0 Å². The number of carbonyl (C=O) groups is 1. The first kappa shape index (κ1) is 16.7. The first-order valence-corrected chi connectivity index (χ1v) is 6.06. The van der Waals surface area contributed by atoms with Crippen molar-refractivity contribution in [2.45, 2.75) is 13.0 Å². The van der Waals surface area contributed by atoms with Crippen LogP contribution >= 0.6 is 39.9 Å². The Kier molecular flexibility index (Phi) is 7.09. The zero-order chi connectivity index (χ0) is 12.3. The highest BCUT2D eigenvalue weighted by atomic mass is 79.9. The summed E-state index contributed by atoms with van der Waals surface area (Å²) in [6.07, 6.45) is 0. The maximum absolute atomic E-state index is 12.1. The highest BCUT2D eigenvalue weighted by Gasteiger charge is 2.18. The van der Waals surface area contributed by atoms with Crippen molar-refractivity contribution in [1.82, 2.24) is 4.90 Å². The molecule has 0 aliphatic carbocycles. The van der Waals surface area contributed by atoms with Crippen molar-refractivity contribution < 1.29 is 4.79 Å². The number of hydrogen-bond acceptors (Lipinski definition) is 2. The van der Waals surface area contributed by atoms with Gasteiger partial charge >= 0.3 is 0 Å². The van der Waals surface area contributed by atoms with E-state index in [1.165, 1.54) is 0 Å². The van der Waals surface area contributed by atoms with E-state index in [1.54, 1.807) is 30.1 Å². The zero-order valence-electron chi connectivity index (χ0n) is 9.61. The molecule has 0 saturated heterocycles. The molecule has 6 heteroatoms. The molecule has 17 heavy (non-hydrogen) atoms. The van der Waals surface area contributed by atoms with Crippen molar-refractivity contribution in [2.75, 3.05) is 13.6 Å². The van der Waals surface area contributed by atoms with Crippen LogP contribution in [0.15, 0.2) is 22.7 Å². The van der Waals surface area contributed by atoms with E-state index in [1.807, 2.05) is 6.92 Å². The molecule has 3 nitrogen and oxygen atoms in total. The molecule has 0 bridgehead atoms. The second-order valence-corrected chi connectivity index (χ2v) is 4.92. The molecule has 0 radical (unpaired) electrons. The molecule has 96 valence electrons. The molecule has 1 atom stereocenters. The lowest BCUT2D eigenvalue weighted by Crippen LogP contribution is -2.39. The number of carbonyl (C=O) groups excluding carboxylic acids is 1. The Hall–Kier alpha value is -0.290. The van der Waals surface area contributed by atoms with Crippen LogP contribution < -0.4 is 5.73 Å². The van der Waals surface area contributed by atoms with Gasteiger partial charge in [0.15, 0.2) is 0 Å². The van der Waals surface area contributed by atoms with Gasteiger partial charge in [0.1, 0.15) is 0 Å². The fourth-order valence-electron chi connectivity index (χ4n) is 1.21. The van der Waals surface area contributed by atoms with Gasteiger partial charge in [-0.25, -0.2) is 0 Å². The maximum Gasteiger partial charge on any atom is 0.255 e. The van der Waals surface area contributed by atoms with Crippen LogP contribution in [0.2, 0.25) is 5.02 Å². The van der Waals surface area contributed by atoms with Crippen molar-refractivity contribution >= 4 is 45.8 Å². The fraction of sp³-hybridized carbons (Fsp3) is 0.364. The molecule has 1 rings (SSSR count). The highest BCUT2D eigenvalue weighted by Crippen LogP contribution is 2.22. The molecule has 0 saturated carbocycles. The van der Waals surface area contributed by atoms with Crippen LogP contribution in [0.1, 0.15) is 17.3 Å². The van der Waals surface area contributed by atoms with Crippen molar-refractivity contribution in [1.29, 1.82) is 0 Å². The Morgan fingerprint density at radius 1 is 1.59 bits per heavy atom. The fourth-order valence-corrected chi connectivity index (χ4v) is 1.80. The summed E-state index contributed by atoms with van der Waals surface area (Å²) in [4.78, 5) is 13.7. The second-order valence-electron chi connectivity index (χ2n) is 3.62. The average Bonchev–Trinajstić information content (AvgIpc) is 2.29. The lowest BCUT2D eigenvalue weighted by atomic mass is 10.2. The van der Waals surface area contributed by atoms with Gasteiger partial charge in [-0.1, -0.05) is 11.6 Å². The Bertz CT molecular complexity index is 401. The van der Waals surface area contributed by atoms with E-state index in [0.717, 1.165) is 4.47 Å². The maximum atomic E-state index is 12.1. The molecule has 0 aromatic heterocycles. The number of hydrogen-bond donors (Lipinski definition) is 1. The topological polar surface area (TPSA) is 46.3 Å². The third-order valence-electron chi connectivity index (χ3n) is 2.48. The van der Waals surface area contributed by atoms with Gasteiger partial charge in [-0.15, -0.1) is 12.4 Å². The van der Waals surface area contributed by atoms with Gasteiger partial charge in [0.25, 0.3) is 5.91 Å². The predicted octanol–water partition coefficient (Wildman–Crippen LogP) is 2.94. The SMILES string of the molecule is CC(CN)N(C)C(=O)c1cc(Cl)ccc1Br.Cl. The summed E-state index contributed by atoms with van der Waals surface area (Å²) in [6, 6.07) is 5.14. The molecule has 1 aromatic carbocycles. The summed E-state index contributed by atoms with van der Waals surface area (Å²) in [7, 11) is 1.73. The molecular formula is C11H15BrCl2N2O. The van der Waals surface area contributed by atoms with Gasteiger partial charge in [-0.2, -0.15) is 0 Å². The van der Waals surface area contributed by atoms with Crippen molar-refractivity contribution in [3.05, 3.63) is 33.3 Å². The lowest BCUT2D eigenvalue weighted by Gasteiger charge is -2.24. The van der Waals surface area contributed by atoms with E-state index in [2.05, 4.69) is 15.9 Å². The number of rotatable bonds is 3. The van der Waals surface area contributed by atoms with E-state index in [0.29, 0.717) is 17.1 Å². The van der Waals surface area contributed by atoms with Crippen LogP contribution in [-0.2, 0) is 0 Å². The van der Waals surface area contributed by atoms with Gasteiger partial charge < -0.3 is 10.6 Å². The smallest absolute Gasteiger partial charge is 0.255 e. The molecule has 1 amide bonds. The van der Waals surface area contributed by atoms with Gasteiger partial charge in [0, 0.05) is 29.1 Å². The predicted molar refractivity (Wildman–Crippen MR) is 77.0 cm³/mol. The van der Waals surface area contributed by atoms with Gasteiger partial charge in [-0.3, -0.25) is 4.79 Å². The largest absolute Gasteiger partial charge is 0.338 e. The van der Waals surface area contributed by atoms with Gasteiger partial charge in [0.05, 0.1) is 5.56 Å². The number of nitrogens with two attached hydrogens (primary N) is 1. The number of nitrogens with zero attached hydrogens (tertiary/aromatic N) is 1. The summed E-state index contributed by atoms with van der Waals surface area (Å²) in [5, 5.41) is 0.542. The zero-order valence-corrected chi connectivity index (χ0v) is 12.8. The molecule has 0 heterocycles. The summed E-state index contributed by atoms with van der Waals surface area (Å²) < 4.78 is 0.734. The molecule has 0 fully saturated rings. The molecule has 0 aliphatic rings. The first-order valence-electron chi connectivity index (χ1n) is 4.89. The minimum absolute atomic E-state index is 0. The van der Waals surface area contributed by atoms with Crippen molar-refractivity contribution in [3.63, 3.8) is 0 Å². The third kappa shape index (κ3) is 4.14. The van der Waals surface area contributed by atoms with Gasteiger partial charge in [-0.05, 0) is 41.1 Å². The summed E-state index contributed by atoms with van der Waals surface area (Å²) >= 11 is 9.20. The molecule has 0 aliphatic heterocycles. The highest BCUT2D eigenvalue weighted by molar-refractivity contribution is 9.10. The molecule has 2 N–H and O–H groups in total.